The topological polar surface area (TPSA) is 71.1 Å². The lowest BCUT2D eigenvalue weighted by Crippen LogP contribution is -2.14. The van der Waals surface area contributed by atoms with Gasteiger partial charge in [0.2, 0.25) is 0 Å². The van der Waals surface area contributed by atoms with Crippen LogP contribution in [0.25, 0.3) is 0 Å². The van der Waals surface area contributed by atoms with Crippen LogP contribution in [-0.4, -0.2) is 19.9 Å². The summed E-state index contributed by atoms with van der Waals surface area (Å²) < 4.78 is 27.3. The molecule has 6 heteroatoms. The first-order chi connectivity index (χ1) is 9.94. The minimum Gasteiger partial charge on any atom is -0.370 e. The van der Waals surface area contributed by atoms with Crippen LogP contribution in [0.3, 0.4) is 0 Å². The van der Waals surface area contributed by atoms with Crippen molar-refractivity contribution in [1.29, 1.82) is 0 Å². The molecule has 0 amide bonds. The Morgan fingerprint density at radius 2 is 1.90 bits per heavy atom. The molecular weight excluding hydrogens is 286 g/mol. The van der Waals surface area contributed by atoms with E-state index < -0.39 is 10.0 Å². The van der Waals surface area contributed by atoms with E-state index in [0.29, 0.717) is 11.5 Å². The minimum atomic E-state index is -3.62. The molecule has 0 bridgehead atoms. The van der Waals surface area contributed by atoms with Crippen LogP contribution >= 0.6 is 0 Å². The van der Waals surface area contributed by atoms with E-state index in [1.54, 1.807) is 18.2 Å². The maximum absolute atomic E-state index is 12.4. The number of sulfonamides is 1. The lowest BCUT2D eigenvalue weighted by atomic mass is 10.1. The highest BCUT2D eigenvalue weighted by Gasteiger charge is 2.16. The molecule has 2 rings (SSSR count). The standard InChI is InChI=1S/C15H19N3O2S/c1-4-16-15-9-8-13(10-17-15)21(19,20)18-14-7-5-6-11(2)12(14)3/h5-10,18H,4H2,1-3H3,(H,16,17). The van der Waals surface area contributed by atoms with Crippen LogP contribution in [0.15, 0.2) is 41.4 Å². The van der Waals surface area contributed by atoms with Crippen molar-refractivity contribution in [2.24, 2.45) is 0 Å². The molecule has 1 aromatic heterocycles. The molecule has 2 N–H and O–H groups in total. The van der Waals surface area contributed by atoms with E-state index in [1.807, 2.05) is 32.9 Å². The van der Waals surface area contributed by atoms with E-state index in [-0.39, 0.29) is 4.90 Å². The van der Waals surface area contributed by atoms with Crippen molar-refractivity contribution in [2.75, 3.05) is 16.6 Å². The highest BCUT2D eigenvalue weighted by molar-refractivity contribution is 7.92. The van der Waals surface area contributed by atoms with Crippen molar-refractivity contribution in [1.82, 2.24) is 4.98 Å². The van der Waals surface area contributed by atoms with Crippen LogP contribution in [0.2, 0.25) is 0 Å². The van der Waals surface area contributed by atoms with Crippen molar-refractivity contribution in [3.8, 4) is 0 Å². The van der Waals surface area contributed by atoms with Gasteiger partial charge in [0, 0.05) is 12.7 Å². The average Bonchev–Trinajstić information content (AvgIpc) is 2.45. The fourth-order valence-corrected chi connectivity index (χ4v) is 2.96. The van der Waals surface area contributed by atoms with Crippen molar-refractivity contribution in [3.63, 3.8) is 0 Å². The number of nitrogens with one attached hydrogen (secondary N) is 2. The second kappa shape index (κ2) is 6.13. The highest BCUT2D eigenvalue weighted by atomic mass is 32.2. The molecule has 0 atom stereocenters. The largest absolute Gasteiger partial charge is 0.370 e. The predicted octanol–water partition coefficient (Wildman–Crippen LogP) is 2.93. The third-order valence-electron chi connectivity index (χ3n) is 3.25. The highest BCUT2D eigenvalue weighted by Crippen LogP contribution is 2.22. The van der Waals surface area contributed by atoms with Crippen LogP contribution in [0.1, 0.15) is 18.1 Å². The number of rotatable bonds is 5. The summed E-state index contributed by atoms with van der Waals surface area (Å²) in [6.45, 7) is 6.52. The Morgan fingerprint density at radius 3 is 2.52 bits per heavy atom. The van der Waals surface area contributed by atoms with Gasteiger partial charge in [-0.1, -0.05) is 12.1 Å². The molecule has 0 unspecified atom stereocenters. The number of benzene rings is 1. The Hall–Kier alpha value is -2.08. The number of anilines is 2. The molecule has 1 heterocycles. The van der Waals surface area contributed by atoms with Gasteiger partial charge in [-0.3, -0.25) is 4.72 Å². The van der Waals surface area contributed by atoms with E-state index in [1.165, 1.54) is 6.20 Å². The molecule has 0 radical (unpaired) electrons. The van der Waals surface area contributed by atoms with Gasteiger partial charge in [0.05, 0.1) is 5.69 Å². The number of hydrogen-bond acceptors (Lipinski definition) is 4. The maximum Gasteiger partial charge on any atom is 0.263 e. The molecule has 0 saturated carbocycles. The Balaban J connectivity index is 2.27. The van der Waals surface area contributed by atoms with Crippen LogP contribution < -0.4 is 10.0 Å². The fourth-order valence-electron chi connectivity index (χ4n) is 1.89. The molecule has 5 nitrogen and oxygen atoms in total. The Kier molecular flexibility index (Phi) is 4.47. The average molecular weight is 305 g/mol. The van der Waals surface area contributed by atoms with Crippen LogP contribution in [0.4, 0.5) is 11.5 Å². The number of pyridine rings is 1. The Bertz CT molecular complexity index is 725. The molecule has 0 aliphatic heterocycles. The first-order valence-corrected chi connectivity index (χ1v) is 8.21. The summed E-state index contributed by atoms with van der Waals surface area (Å²) in [6.07, 6.45) is 1.35. The zero-order valence-corrected chi connectivity index (χ0v) is 13.2. The Morgan fingerprint density at radius 1 is 1.14 bits per heavy atom. The summed E-state index contributed by atoms with van der Waals surface area (Å²) in [6, 6.07) is 8.71. The van der Waals surface area contributed by atoms with Gasteiger partial charge in [-0.2, -0.15) is 0 Å². The van der Waals surface area contributed by atoms with Gasteiger partial charge in [0.15, 0.2) is 0 Å². The second-order valence-electron chi connectivity index (χ2n) is 4.76. The van der Waals surface area contributed by atoms with E-state index >= 15 is 0 Å². The molecule has 0 spiro atoms. The van der Waals surface area contributed by atoms with Crippen molar-refractivity contribution < 1.29 is 8.42 Å². The van der Waals surface area contributed by atoms with Crippen LogP contribution in [-0.2, 0) is 10.0 Å². The fraction of sp³-hybridized carbons (Fsp3) is 0.267. The molecule has 0 fully saturated rings. The zero-order chi connectivity index (χ0) is 15.5. The van der Waals surface area contributed by atoms with Crippen molar-refractivity contribution >= 4 is 21.5 Å². The monoisotopic (exact) mass is 305 g/mol. The quantitative estimate of drug-likeness (QED) is 0.891. The summed E-state index contributed by atoms with van der Waals surface area (Å²) >= 11 is 0. The lowest BCUT2D eigenvalue weighted by molar-refractivity contribution is 0.601. The van der Waals surface area contributed by atoms with E-state index in [0.717, 1.165) is 17.7 Å². The van der Waals surface area contributed by atoms with Crippen LogP contribution in [0.5, 0.6) is 0 Å². The molecule has 0 saturated heterocycles. The summed E-state index contributed by atoms with van der Waals surface area (Å²) in [4.78, 5) is 4.23. The SMILES string of the molecule is CCNc1ccc(S(=O)(=O)Nc2cccc(C)c2C)cn1. The third-order valence-corrected chi connectivity index (χ3v) is 4.60. The van der Waals surface area contributed by atoms with Crippen molar-refractivity contribution in [2.45, 2.75) is 25.7 Å². The first kappa shape index (κ1) is 15.3. The van der Waals surface area contributed by atoms with E-state index in [4.69, 9.17) is 0 Å². The molecular formula is C15H19N3O2S. The summed E-state index contributed by atoms with van der Waals surface area (Å²) in [5.74, 6) is 0.656. The maximum atomic E-state index is 12.4. The lowest BCUT2D eigenvalue weighted by Gasteiger charge is -2.12. The molecule has 0 aliphatic carbocycles. The smallest absolute Gasteiger partial charge is 0.263 e. The van der Waals surface area contributed by atoms with Crippen LogP contribution in [0, 0.1) is 13.8 Å². The van der Waals surface area contributed by atoms with Gasteiger partial charge in [-0.15, -0.1) is 0 Å². The molecule has 21 heavy (non-hydrogen) atoms. The Labute approximate surface area is 125 Å². The second-order valence-corrected chi connectivity index (χ2v) is 6.44. The third kappa shape index (κ3) is 3.52. The minimum absolute atomic E-state index is 0.144. The number of nitrogens with zero attached hydrogens (tertiary/aromatic N) is 1. The summed E-state index contributed by atoms with van der Waals surface area (Å²) in [7, 11) is -3.62. The number of aryl methyl sites for hydroxylation is 1. The summed E-state index contributed by atoms with van der Waals surface area (Å²) in [5.41, 5.74) is 2.54. The van der Waals surface area contributed by atoms with Gasteiger partial charge in [-0.05, 0) is 50.1 Å². The van der Waals surface area contributed by atoms with Gasteiger partial charge in [-0.25, -0.2) is 13.4 Å². The number of aromatic nitrogens is 1. The summed E-state index contributed by atoms with van der Waals surface area (Å²) in [5, 5.41) is 3.03. The zero-order valence-electron chi connectivity index (χ0n) is 12.3. The number of hydrogen-bond donors (Lipinski definition) is 2. The van der Waals surface area contributed by atoms with Gasteiger partial charge >= 0.3 is 0 Å². The van der Waals surface area contributed by atoms with Gasteiger partial charge in [0.1, 0.15) is 10.7 Å². The van der Waals surface area contributed by atoms with Gasteiger partial charge in [0.25, 0.3) is 10.0 Å². The van der Waals surface area contributed by atoms with E-state index in [2.05, 4.69) is 15.0 Å². The predicted molar refractivity (Wildman–Crippen MR) is 85.1 cm³/mol. The first-order valence-electron chi connectivity index (χ1n) is 6.73. The normalized spacial score (nSPS) is 11.2. The van der Waals surface area contributed by atoms with Crippen molar-refractivity contribution in [3.05, 3.63) is 47.7 Å². The molecule has 1 aromatic carbocycles. The molecule has 112 valence electrons. The van der Waals surface area contributed by atoms with Gasteiger partial charge < -0.3 is 5.32 Å². The molecule has 0 aliphatic rings. The molecule has 2 aromatic rings. The van der Waals surface area contributed by atoms with E-state index in [9.17, 15) is 8.42 Å².